The maximum absolute atomic E-state index is 5.70. The molecule has 1 aliphatic rings. The van der Waals surface area contributed by atoms with Crippen LogP contribution in [0.3, 0.4) is 0 Å². The first kappa shape index (κ1) is 9.28. The molecule has 0 aromatic heterocycles. The molecule has 2 rings (SSSR count). The summed E-state index contributed by atoms with van der Waals surface area (Å²) in [4.78, 5) is 0. The molecule has 0 radical (unpaired) electrons. The minimum Gasteiger partial charge on any atom is -0.501 e. The van der Waals surface area contributed by atoms with E-state index in [1.165, 1.54) is 5.56 Å². The van der Waals surface area contributed by atoms with Gasteiger partial charge in [-0.3, -0.25) is 0 Å². The van der Waals surface area contributed by atoms with E-state index in [2.05, 4.69) is 12.1 Å². The Morgan fingerprint density at radius 2 is 2.14 bits per heavy atom. The lowest BCUT2D eigenvalue weighted by Crippen LogP contribution is -2.15. The van der Waals surface area contributed by atoms with Crippen LogP contribution in [0.15, 0.2) is 42.7 Å². The summed E-state index contributed by atoms with van der Waals surface area (Å²) in [6.07, 6.45) is 4.85. The third kappa shape index (κ3) is 2.60. The Morgan fingerprint density at radius 3 is 2.86 bits per heavy atom. The van der Waals surface area contributed by atoms with Crippen molar-refractivity contribution in [1.29, 1.82) is 0 Å². The Balaban J connectivity index is 1.82. The zero-order valence-electron chi connectivity index (χ0n) is 8.06. The predicted molar refractivity (Wildman–Crippen MR) is 54.7 cm³/mol. The fourth-order valence-electron chi connectivity index (χ4n) is 1.41. The van der Waals surface area contributed by atoms with Gasteiger partial charge in [0.05, 0.1) is 25.6 Å². The molecule has 0 fully saturated rings. The van der Waals surface area contributed by atoms with Gasteiger partial charge in [-0.2, -0.15) is 0 Å². The van der Waals surface area contributed by atoms with Crippen LogP contribution in [-0.4, -0.2) is 12.7 Å². The molecule has 1 aromatic carbocycles. The minimum atomic E-state index is 0.212. The summed E-state index contributed by atoms with van der Waals surface area (Å²) in [5, 5.41) is 0. The van der Waals surface area contributed by atoms with Crippen LogP contribution in [-0.2, 0) is 16.1 Å². The molecule has 2 heteroatoms. The average molecular weight is 190 g/mol. The monoisotopic (exact) mass is 190 g/mol. The number of benzene rings is 1. The van der Waals surface area contributed by atoms with Crippen molar-refractivity contribution in [2.45, 2.75) is 19.1 Å². The van der Waals surface area contributed by atoms with Gasteiger partial charge in [0.25, 0.3) is 0 Å². The second kappa shape index (κ2) is 4.82. The highest BCUT2D eigenvalue weighted by Crippen LogP contribution is 2.10. The van der Waals surface area contributed by atoms with Crippen molar-refractivity contribution in [3.63, 3.8) is 0 Å². The summed E-state index contributed by atoms with van der Waals surface area (Å²) < 4.78 is 10.8. The molecule has 0 aliphatic carbocycles. The van der Waals surface area contributed by atoms with Crippen molar-refractivity contribution in [3.8, 4) is 0 Å². The van der Waals surface area contributed by atoms with Crippen LogP contribution in [0.2, 0.25) is 0 Å². The summed E-state index contributed by atoms with van der Waals surface area (Å²) in [5.41, 5.74) is 1.22. The Morgan fingerprint density at radius 1 is 1.29 bits per heavy atom. The Bertz CT molecular complexity index is 292. The molecule has 0 saturated heterocycles. The van der Waals surface area contributed by atoms with Crippen molar-refractivity contribution in [3.05, 3.63) is 48.2 Å². The molecular weight excluding hydrogens is 176 g/mol. The number of ether oxygens (including phenoxy) is 2. The van der Waals surface area contributed by atoms with Crippen LogP contribution in [0.4, 0.5) is 0 Å². The summed E-state index contributed by atoms with van der Waals surface area (Å²) in [6.45, 7) is 1.44. The first-order valence-corrected chi connectivity index (χ1v) is 4.89. The lowest BCUT2D eigenvalue weighted by atomic mass is 10.2. The Kier molecular flexibility index (Phi) is 3.19. The maximum atomic E-state index is 5.70. The molecule has 1 heterocycles. The largest absolute Gasteiger partial charge is 0.501 e. The second-order valence-electron chi connectivity index (χ2n) is 3.32. The van der Waals surface area contributed by atoms with Crippen molar-refractivity contribution in [2.75, 3.05) is 6.61 Å². The van der Waals surface area contributed by atoms with Gasteiger partial charge in [-0.05, 0) is 11.6 Å². The second-order valence-corrected chi connectivity index (χ2v) is 3.32. The van der Waals surface area contributed by atoms with Gasteiger partial charge in [0, 0.05) is 6.42 Å². The predicted octanol–water partition coefficient (Wildman–Crippen LogP) is 2.51. The quantitative estimate of drug-likeness (QED) is 0.729. The van der Waals surface area contributed by atoms with Crippen LogP contribution in [0.25, 0.3) is 0 Å². The highest BCUT2D eigenvalue weighted by atomic mass is 16.5. The summed E-state index contributed by atoms with van der Waals surface area (Å²) in [5.74, 6) is 0. The standard InChI is InChI=1S/C12H14O2/c1-2-4-11(5-3-1)10-14-12-6-8-13-9-7-12/h1-6,8,12H,7,9-10H2. The van der Waals surface area contributed by atoms with Crippen LogP contribution in [0.1, 0.15) is 12.0 Å². The molecule has 0 spiro atoms. The number of rotatable bonds is 3. The van der Waals surface area contributed by atoms with Crippen LogP contribution < -0.4 is 0 Å². The molecule has 0 N–H and O–H groups in total. The SMILES string of the molecule is C1=CC(OCc2ccccc2)CCO1. The molecule has 2 nitrogen and oxygen atoms in total. The van der Waals surface area contributed by atoms with Gasteiger partial charge in [-0.15, -0.1) is 0 Å². The smallest absolute Gasteiger partial charge is 0.0901 e. The number of hydrogen-bond acceptors (Lipinski definition) is 2. The van der Waals surface area contributed by atoms with Crippen LogP contribution in [0, 0.1) is 0 Å². The van der Waals surface area contributed by atoms with Gasteiger partial charge in [0.15, 0.2) is 0 Å². The van der Waals surface area contributed by atoms with Crippen molar-refractivity contribution < 1.29 is 9.47 Å². The van der Waals surface area contributed by atoms with Gasteiger partial charge >= 0.3 is 0 Å². The highest BCUT2D eigenvalue weighted by molar-refractivity contribution is 5.13. The zero-order chi connectivity index (χ0) is 9.64. The van der Waals surface area contributed by atoms with E-state index in [0.29, 0.717) is 6.61 Å². The van der Waals surface area contributed by atoms with Crippen molar-refractivity contribution in [2.24, 2.45) is 0 Å². The third-order valence-electron chi connectivity index (χ3n) is 2.22. The van der Waals surface area contributed by atoms with E-state index in [1.807, 2.05) is 24.3 Å². The van der Waals surface area contributed by atoms with Gasteiger partial charge < -0.3 is 9.47 Å². The first-order chi connectivity index (χ1) is 6.95. The normalized spacial score (nSPS) is 20.4. The topological polar surface area (TPSA) is 18.5 Å². The molecule has 0 amide bonds. The summed E-state index contributed by atoms with van der Waals surface area (Å²) in [6, 6.07) is 10.2. The fraction of sp³-hybridized carbons (Fsp3) is 0.333. The van der Waals surface area contributed by atoms with E-state index >= 15 is 0 Å². The molecular formula is C12H14O2. The highest BCUT2D eigenvalue weighted by Gasteiger charge is 2.08. The Labute approximate surface area is 84.2 Å². The first-order valence-electron chi connectivity index (χ1n) is 4.89. The van der Waals surface area contributed by atoms with Crippen molar-refractivity contribution in [1.82, 2.24) is 0 Å². The molecule has 74 valence electrons. The Hall–Kier alpha value is -1.28. The van der Waals surface area contributed by atoms with Gasteiger partial charge in [-0.1, -0.05) is 30.3 Å². The van der Waals surface area contributed by atoms with Gasteiger partial charge in [0.1, 0.15) is 0 Å². The summed E-state index contributed by atoms with van der Waals surface area (Å²) >= 11 is 0. The van der Waals surface area contributed by atoms with E-state index in [-0.39, 0.29) is 6.10 Å². The molecule has 0 saturated carbocycles. The molecule has 0 bridgehead atoms. The van der Waals surface area contributed by atoms with Gasteiger partial charge in [-0.25, -0.2) is 0 Å². The van der Waals surface area contributed by atoms with Gasteiger partial charge in [0.2, 0.25) is 0 Å². The number of hydrogen-bond donors (Lipinski definition) is 0. The summed E-state index contributed by atoms with van der Waals surface area (Å²) in [7, 11) is 0. The lowest BCUT2D eigenvalue weighted by molar-refractivity contribution is 0.0388. The van der Waals surface area contributed by atoms with E-state index in [9.17, 15) is 0 Å². The van der Waals surface area contributed by atoms with Crippen molar-refractivity contribution >= 4 is 0 Å². The van der Waals surface area contributed by atoms with E-state index in [0.717, 1.165) is 13.0 Å². The van der Waals surface area contributed by atoms with E-state index in [1.54, 1.807) is 6.26 Å². The molecule has 14 heavy (non-hydrogen) atoms. The average Bonchev–Trinajstić information content (AvgIpc) is 2.29. The van der Waals surface area contributed by atoms with E-state index < -0.39 is 0 Å². The molecule has 1 atom stereocenters. The van der Waals surface area contributed by atoms with E-state index in [4.69, 9.17) is 9.47 Å². The molecule has 1 aromatic rings. The maximum Gasteiger partial charge on any atom is 0.0901 e. The molecule has 1 unspecified atom stereocenters. The minimum absolute atomic E-state index is 0.212. The van der Waals surface area contributed by atoms with Crippen LogP contribution >= 0.6 is 0 Å². The zero-order valence-corrected chi connectivity index (χ0v) is 8.06. The van der Waals surface area contributed by atoms with Crippen LogP contribution in [0.5, 0.6) is 0 Å². The fourth-order valence-corrected chi connectivity index (χ4v) is 1.41. The lowest BCUT2D eigenvalue weighted by Gasteiger charge is -2.17. The third-order valence-corrected chi connectivity index (χ3v) is 2.22. The molecule has 1 aliphatic heterocycles.